The Morgan fingerprint density at radius 2 is 1.83 bits per heavy atom. The van der Waals surface area contributed by atoms with Gasteiger partial charge in [-0.15, -0.1) is 0 Å². The number of nitrogens with zero attached hydrogens (tertiary/aromatic N) is 3. The Bertz CT molecular complexity index is 951. The fourth-order valence-electron chi connectivity index (χ4n) is 3.66. The number of likely N-dealkylation sites (tertiary alicyclic amines) is 1. The topological polar surface area (TPSA) is 71.3 Å². The Balaban J connectivity index is 1.20. The summed E-state index contributed by atoms with van der Waals surface area (Å²) in [6.45, 7) is 2.40. The van der Waals surface area contributed by atoms with Crippen molar-refractivity contribution in [2.45, 2.75) is 38.3 Å². The molecule has 1 fully saturated rings. The molecule has 0 atom stereocenters. The molecule has 7 heteroatoms. The predicted octanol–water partition coefficient (Wildman–Crippen LogP) is 4.10. The van der Waals surface area contributed by atoms with Crippen LogP contribution in [0.1, 0.15) is 30.7 Å². The second-order valence-corrected chi connectivity index (χ2v) is 8.06. The van der Waals surface area contributed by atoms with E-state index in [2.05, 4.69) is 32.5 Å². The number of carbonyl (C=O) groups is 1. The van der Waals surface area contributed by atoms with E-state index in [9.17, 15) is 4.79 Å². The van der Waals surface area contributed by atoms with Crippen LogP contribution in [-0.2, 0) is 17.8 Å². The highest BCUT2D eigenvalue weighted by Gasteiger charge is 2.22. The lowest BCUT2D eigenvalue weighted by Crippen LogP contribution is -2.44. The van der Waals surface area contributed by atoms with Crippen molar-refractivity contribution in [3.05, 3.63) is 71.1 Å². The van der Waals surface area contributed by atoms with Crippen LogP contribution in [0.25, 0.3) is 11.4 Å². The summed E-state index contributed by atoms with van der Waals surface area (Å²) in [6.07, 6.45) is 3.16. The lowest BCUT2D eigenvalue weighted by atomic mass is 10.0. The number of amides is 1. The first-order valence-corrected chi connectivity index (χ1v) is 10.7. The van der Waals surface area contributed by atoms with Crippen molar-refractivity contribution in [1.29, 1.82) is 0 Å². The van der Waals surface area contributed by atoms with Crippen molar-refractivity contribution >= 4 is 17.5 Å². The van der Waals surface area contributed by atoms with E-state index in [0.717, 1.165) is 37.9 Å². The Kier molecular flexibility index (Phi) is 6.77. The molecule has 156 valence electrons. The average molecular weight is 425 g/mol. The van der Waals surface area contributed by atoms with Crippen molar-refractivity contribution < 1.29 is 9.32 Å². The number of hydrogen-bond acceptors (Lipinski definition) is 5. The summed E-state index contributed by atoms with van der Waals surface area (Å²) in [4.78, 5) is 19.0. The largest absolute Gasteiger partial charge is 0.353 e. The SMILES string of the molecule is O=C(CCc1ccccc1)NC1CCN(Cc2nc(-c3ccc(Cl)cc3)no2)CC1. The number of nitrogens with one attached hydrogen (secondary N) is 1. The van der Waals surface area contributed by atoms with Gasteiger partial charge >= 0.3 is 0 Å². The number of carbonyl (C=O) groups excluding carboxylic acids is 1. The summed E-state index contributed by atoms with van der Waals surface area (Å²) >= 11 is 5.92. The Labute approximate surface area is 181 Å². The van der Waals surface area contributed by atoms with Crippen LogP contribution in [0.4, 0.5) is 0 Å². The standard InChI is InChI=1S/C23H25ClN4O2/c24-19-9-7-18(8-10-19)23-26-22(30-27-23)16-28-14-12-20(13-15-28)25-21(29)11-6-17-4-2-1-3-5-17/h1-5,7-10,20H,6,11-16H2,(H,25,29). The van der Waals surface area contributed by atoms with Crippen LogP contribution in [0, 0.1) is 0 Å². The van der Waals surface area contributed by atoms with Gasteiger partial charge in [0.25, 0.3) is 0 Å². The van der Waals surface area contributed by atoms with Gasteiger partial charge in [-0.2, -0.15) is 4.98 Å². The predicted molar refractivity (Wildman–Crippen MR) is 116 cm³/mol. The molecule has 1 aliphatic rings. The molecule has 0 bridgehead atoms. The van der Waals surface area contributed by atoms with E-state index in [1.807, 2.05) is 42.5 Å². The first kappa shape index (κ1) is 20.6. The van der Waals surface area contributed by atoms with Gasteiger partial charge in [0.15, 0.2) is 0 Å². The summed E-state index contributed by atoms with van der Waals surface area (Å²) in [5.41, 5.74) is 2.08. The second kappa shape index (κ2) is 9.87. The van der Waals surface area contributed by atoms with Crippen LogP contribution >= 0.6 is 11.6 Å². The minimum absolute atomic E-state index is 0.127. The third kappa shape index (κ3) is 5.68. The van der Waals surface area contributed by atoms with E-state index in [0.29, 0.717) is 29.7 Å². The van der Waals surface area contributed by atoms with Crippen molar-refractivity contribution in [3.8, 4) is 11.4 Å². The van der Waals surface area contributed by atoms with Gasteiger partial charge in [0.05, 0.1) is 6.54 Å². The van der Waals surface area contributed by atoms with E-state index in [4.69, 9.17) is 16.1 Å². The summed E-state index contributed by atoms with van der Waals surface area (Å²) in [5.74, 6) is 1.30. The maximum atomic E-state index is 12.2. The summed E-state index contributed by atoms with van der Waals surface area (Å²) in [7, 11) is 0. The van der Waals surface area contributed by atoms with Gasteiger partial charge in [-0.05, 0) is 49.1 Å². The molecule has 0 aliphatic carbocycles. The Morgan fingerprint density at radius 1 is 1.10 bits per heavy atom. The van der Waals surface area contributed by atoms with Gasteiger partial charge in [0, 0.05) is 36.1 Å². The first-order valence-electron chi connectivity index (χ1n) is 10.3. The lowest BCUT2D eigenvalue weighted by Gasteiger charge is -2.31. The van der Waals surface area contributed by atoms with Crippen LogP contribution < -0.4 is 5.32 Å². The molecule has 3 aromatic rings. The van der Waals surface area contributed by atoms with Crippen LogP contribution in [0.2, 0.25) is 5.02 Å². The quantitative estimate of drug-likeness (QED) is 0.618. The minimum atomic E-state index is 0.127. The first-order chi connectivity index (χ1) is 14.7. The van der Waals surface area contributed by atoms with Crippen LogP contribution in [0.15, 0.2) is 59.1 Å². The normalized spacial score (nSPS) is 15.2. The third-order valence-electron chi connectivity index (χ3n) is 5.37. The molecule has 0 spiro atoms. The highest BCUT2D eigenvalue weighted by Crippen LogP contribution is 2.20. The minimum Gasteiger partial charge on any atom is -0.353 e. The molecule has 1 aromatic heterocycles. The fourth-order valence-corrected chi connectivity index (χ4v) is 3.79. The number of piperidine rings is 1. The Morgan fingerprint density at radius 3 is 2.57 bits per heavy atom. The van der Waals surface area contributed by atoms with Gasteiger partial charge in [0.2, 0.25) is 17.6 Å². The Hall–Kier alpha value is -2.70. The van der Waals surface area contributed by atoms with Gasteiger partial charge in [-0.1, -0.05) is 47.1 Å². The average Bonchev–Trinajstić information content (AvgIpc) is 3.23. The van der Waals surface area contributed by atoms with E-state index in [-0.39, 0.29) is 11.9 Å². The maximum absolute atomic E-state index is 12.2. The molecule has 1 N–H and O–H groups in total. The van der Waals surface area contributed by atoms with E-state index in [1.54, 1.807) is 0 Å². The molecule has 1 saturated heterocycles. The smallest absolute Gasteiger partial charge is 0.241 e. The van der Waals surface area contributed by atoms with Crippen LogP contribution in [0.5, 0.6) is 0 Å². The third-order valence-corrected chi connectivity index (χ3v) is 5.62. The summed E-state index contributed by atoms with van der Waals surface area (Å²) in [6, 6.07) is 17.7. The molecular weight excluding hydrogens is 400 g/mol. The van der Waals surface area contributed by atoms with E-state index >= 15 is 0 Å². The second-order valence-electron chi connectivity index (χ2n) is 7.62. The number of aryl methyl sites for hydroxylation is 1. The maximum Gasteiger partial charge on any atom is 0.241 e. The number of hydrogen-bond donors (Lipinski definition) is 1. The number of aromatic nitrogens is 2. The van der Waals surface area contributed by atoms with Gasteiger partial charge in [-0.3, -0.25) is 9.69 Å². The molecule has 4 rings (SSSR count). The number of rotatable bonds is 7. The number of benzene rings is 2. The highest BCUT2D eigenvalue weighted by atomic mass is 35.5. The van der Waals surface area contributed by atoms with Gasteiger partial charge in [0.1, 0.15) is 0 Å². The molecule has 2 heterocycles. The van der Waals surface area contributed by atoms with Crippen LogP contribution in [0.3, 0.4) is 0 Å². The van der Waals surface area contributed by atoms with E-state index < -0.39 is 0 Å². The molecule has 1 amide bonds. The molecule has 30 heavy (non-hydrogen) atoms. The van der Waals surface area contributed by atoms with Gasteiger partial charge in [-0.25, -0.2) is 0 Å². The zero-order chi connectivity index (χ0) is 20.8. The molecule has 0 unspecified atom stereocenters. The van der Waals surface area contributed by atoms with Crippen molar-refractivity contribution in [2.75, 3.05) is 13.1 Å². The molecule has 2 aromatic carbocycles. The summed E-state index contributed by atoms with van der Waals surface area (Å²) in [5, 5.41) is 7.92. The molecule has 0 saturated carbocycles. The van der Waals surface area contributed by atoms with Crippen molar-refractivity contribution in [3.63, 3.8) is 0 Å². The summed E-state index contributed by atoms with van der Waals surface area (Å²) < 4.78 is 5.41. The number of halogens is 1. The molecule has 1 aliphatic heterocycles. The zero-order valence-electron chi connectivity index (χ0n) is 16.8. The fraction of sp³-hybridized carbons (Fsp3) is 0.348. The van der Waals surface area contributed by atoms with E-state index in [1.165, 1.54) is 5.56 Å². The molecule has 6 nitrogen and oxygen atoms in total. The monoisotopic (exact) mass is 424 g/mol. The molecular formula is C23H25ClN4O2. The van der Waals surface area contributed by atoms with Crippen molar-refractivity contribution in [1.82, 2.24) is 20.4 Å². The van der Waals surface area contributed by atoms with Gasteiger partial charge < -0.3 is 9.84 Å². The lowest BCUT2D eigenvalue weighted by molar-refractivity contribution is -0.122. The van der Waals surface area contributed by atoms with Crippen LogP contribution in [-0.4, -0.2) is 40.1 Å². The molecule has 0 radical (unpaired) electrons. The highest BCUT2D eigenvalue weighted by molar-refractivity contribution is 6.30. The zero-order valence-corrected chi connectivity index (χ0v) is 17.5. The van der Waals surface area contributed by atoms with Crippen molar-refractivity contribution in [2.24, 2.45) is 0 Å².